The lowest BCUT2D eigenvalue weighted by Gasteiger charge is -2.38. The molecule has 12 heteroatoms. The van der Waals surface area contributed by atoms with Gasteiger partial charge in [0.25, 0.3) is 5.91 Å². The molecule has 2 aromatic rings. The maximum atomic E-state index is 15.1. The molecule has 0 aliphatic carbocycles. The van der Waals surface area contributed by atoms with E-state index in [1.54, 1.807) is 30.0 Å². The molecule has 5 bridgehead atoms. The number of aliphatic hydroxyl groups is 1. The lowest BCUT2D eigenvalue weighted by Crippen LogP contribution is -2.58. The number of cyclic esters (lactones) is 1. The molecule has 4 aliphatic heterocycles. The van der Waals surface area contributed by atoms with E-state index in [0.29, 0.717) is 22.2 Å². The Morgan fingerprint density at radius 3 is 2.41 bits per heavy atom. The number of ether oxygens (including phenoxy) is 3. The van der Waals surface area contributed by atoms with Crippen molar-refractivity contribution < 1.29 is 38.5 Å². The van der Waals surface area contributed by atoms with Crippen LogP contribution in [-0.4, -0.2) is 90.4 Å². The third-order valence-corrected chi connectivity index (χ3v) is 10.7. The van der Waals surface area contributed by atoms with Crippen LogP contribution in [0.5, 0.6) is 0 Å². The molecule has 260 valence electrons. The quantitative estimate of drug-likeness (QED) is 0.339. The minimum atomic E-state index is -1.51. The Morgan fingerprint density at radius 1 is 1.02 bits per heavy atom. The Hall–Kier alpha value is -3.84. The van der Waals surface area contributed by atoms with E-state index in [0.717, 1.165) is 11.1 Å². The molecule has 49 heavy (non-hydrogen) atoms. The summed E-state index contributed by atoms with van der Waals surface area (Å²) >= 11 is 3.60. The fourth-order valence-corrected chi connectivity index (χ4v) is 8.58. The van der Waals surface area contributed by atoms with E-state index in [1.165, 1.54) is 12.0 Å². The maximum Gasteiger partial charge on any atom is 0.313 e. The van der Waals surface area contributed by atoms with Gasteiger partial charge in [-0.15, -0.1) is 0 Å². The second kappa shape index (κ2) is 14.2. The lowest BCUT2D eigenvalue weighted by molar-refractivity contribution is -0.162. The summed E-state index contributed by atoms with van der Waals surface area (Å²) in [6.45, 7) is 5.31. The molecule has 2 aromatic carbocycles. The van der Waals surface area contributed by atoms with Gasteiger partial charge in [-0.3, -0.25) is 19.2 Å². The highest BCUT2D eigenvalue weighted by Gasteiger charge is 2.75. The minimum absolute atomic E-state index is 0.0536. The van der Waals surface area contributed by atoms with Gasteiger partial charge < -0.3 is 34.4 Å². The second-order valence-electron chi connectivity index (χ2n) is 13.2. The number of carbonyl (C=O) groups excluding carboxylic acids is 4. The molecule has 3 amide bonds. The van der Waals surface area contributed by atoms with Crippen molar-refractivity contribution in [2.24, 2.45) is 11.8 Å². The van der Waals surface area contributed by atoms with E-state index in [-0.39, 0.29) is 25.5 Å². The van der Waals surface area contributed by atoms with Gasteiger partial charge in [-0.25, -0.2) is 0 Å². The number of benzene rings is 2. The van der Waals surface area contributed by atoms with Gasteiger partial charge in [0, 0.05) is 30.2 Å². The first-order chi connectivity index (χ1) is 23.5. The van der Waals surface area contributed by atoms with Gasteiger partial charge in [0.05, 0.1) is 31.2 Å². The fraction of sp³-hybridized carbons (Fsp3) is 0.459. The molecule has 0 radical (unpaired) electrons. The van der Waals surface area contributed by atoms with Gasteiger partial charge >= 0.3 is 5.97 Å². The number of anilines is 1. The van der Waals surface area contributed by atoms with E-state index >= 15 is 4.79 Å². The van der Waals surface area contributed by atoms with Crippen LogP contribution in [-0.2, 0) is 33.4 Å². The summed E-state index contributed by atoms with van der Waals surface area (Å²) in [5.41, 5.74) is 1.53. The number of nitrogens with zero attached hydrogens (tertiary/aromatic N) is 2. The number of rotatable bonds is 6. The van der Waals surface area contributed by atoms with Crippen molar-refractivity contribution in [1.29, 1.82) is 0 Å². The molecule has 2 saturated heterocycles. The standard InChI is InChI=1S/C37H42BrN3O8/c1-21-12-11-13-22(2)30(21)40-17-10-6-9-16-27(43)39-26(20-47-4)31(24-14-7-5-8-15-24)48-36(46)28-29-34(44)41(23(3)19-42)33(35(40)45)37(29)18-25(38)32(28)49-37/h5-8,10-15,18,23,26,28-29,31-33,42H,9,16-17,19-20H2,1-4H3,(H,39,43)/b10-6-/t23-,26+,28-,29+,31+,32-,33-,37+/m1/s1. The number of aryl methyl sites for hydroxylation is 2. The summed E-state index contributed by atoms with van der Waals surface area (Å²) in [5.74, 6) is -4.07. The zero-order valence-corrected chi connectivity index (χ0v) is 29.6. The van der Waals surface area contributed by atoms with E-state index < -0.39 is 72.2 Å². The number of hydrogen-bond acceptors (Lipinski definition) is 8. The van der Waals surface area contributed by atoms with Crippen molar-refractivity contribution in [3.63, 3.8) is 0 Å². The van der Waals surface area contributed by atoms with Crippen molar-refractivity contribution in [1.82, 2.24) is 10.2 Å². The highest BCUT2D eigenvalue weighted by molar-refractivity contribution is 9.11. The molecule has 1 spiro atoms. The monoisotopic (exact) mass is 735 g/mol. The Kier molecular flexibility index (Phi) is 10.1. The zero-order chi connectivity index (χ0) is 35.0. The van der Waals surface area contributed by atoms with Crippen LogP contribution in [0.2, 0.25) is 0 Å². The summed E-state index contributed by atoms with van der Waals surface area (Å²) in [6, 6.07) is 12.1. The second-order valence-corrected chi connectivity index (χ2v) is 14.1. The van der Waals surface area contributed by atoms with Crippen molar-refractivity contribution >= 4 is 45.3 Å². The van der Waals surface area contributed by atoms with Crippen LogP contribution in [0.25, 0.3) is 0 Å². The highest BCUT2D eigenvalue weighted by Crippen LogP contribution is 2.59. The first-order valence-electron chi connectivity index (χ1n) is 16.6. The summed E-state index contributed by atoms with van der Waals surface area (Å²) in [5, 5.41) is 13.4. The molecule has 11 nitrogen and oxygen atoms in total. The van der Waals surface area contributed by atoms with Crippen molar-refractivity contribution in [3.8, 4) is 0 Å². The van der Waals surface area contributed by atoms with Crippen LogP contribution in [0.3, 0.4) is 0 Å². The van der Waals surface area contributed by atoms with E-state index in [9.17, 15) is 19.5 Å². The van der Waals surface area contributed by atoms with Gasteiger partial charge in [0.15, 0.2) is 0 Å². The molecule has 4 heterocycles. The van der Waals surface area contributed by atoms with Crippen LogP contribution >= 0.6 is 15.9 Å². The Bertz CT molecular complexity index is 1660. The Morgan fingerprint density at radius 2 is 1.73 bits per heavy atom. The maximum absolute atomic E-state index is 15.1. The number of fused-ring (bicyclic) bond motifs is 2. The van der Waals surface area contributed by atoms with Gasteiger partial charge in [0.2, 0.25) is 11.8 Å². The molecule has 0 saturated carbocycles. The van der Waals surface area contributed by atoms with Gasteiger partial charge in [0.1, 0.15) is 29.8 Å². The number of methoxy groups -OCH3 is 1. The molecule has 2 N–H and O–H groups in total. The van der Waals surface area contributed by atoms with Crippen LogP contribution in [0, 0.1) is 25.7 Å². The lowest BCUT2D eigenvalue weighted by atomic mass is 9.74. The normalized spacial score (nSPS) is 31.7. The van der Waals surface area contributed by atoms with E-state index in [4.69, 9.17) is 14.2 Å². The van der Waals surface area contributed by atoms with Crippen molar-refractivity contribution in [3.05, 3.63) is 87.9 Å². The number of nitrogens with one attached hydrogen (secondary N) is 1. The summed E-state index contributed by atoms with van der Waals surface area (Å²) < 4.78 is 18.9. The number of aliphatic hydroxyl groups excluding tert-OH is 1. The van der Waals surface area contributed by atoms with Gasteiger partial charge in [-0.1, -0.05) is 76.6 Å². The molecule has 4 aliphatic rings. The molecule has 6 rings (SSSR count). The van der Waals surface area contributed by atoms with Crippen LogP contribution in [0.1, 0.15) is 42.6 Å². The minimum Gasteiger partial charge on any atom is -0.455 e. The van der Waals surface area contributed by atoms with Gasteiger partial charge in [-0.2, -0.15) is 0 Å². The fourth-order valence-electron chi connectivity index (χ4n) is 7.84. The number of hydrogen-bond donors (Lipinski definition) is 2. The molecule has 8 atom stereocenters. The van der Waals surface area contributed by atoms with Crippen LogP contribution in [0.4, 0.5) is 5.69 Å². The molecular formula is C37H42BrN3O8. The summed E-state index contributed by atoms with van der Waals surface area (Å²) in [6.07, 6.45) is 4.14. The average Bonchev–Trinajstić information content (AvgIpc) is 3.68. The van der Waals surface area contributed by atoms with Gasteiger partial charge in [-0.05, 0) is 50.0 Å². The number of halogens is 1. The third-order valence-electron chi connectivity index (χ3n) is 10.0. The third kappa shape index (κ3) is 6.13. The van der Waals surface area contributed by atoms with Crippen molar-refractivity contribution in [2.75, 3.05) is 31.8 Å². The first kappa shape index (κ1) is 35.0. The number of allylic oxidation sites excluding steroid dienone is 1. The number of carbonyl (C=O) groups is 4. The zero-order valence-electron chi connectivity index (χ0n) is 28.0. The SMILES string of the molecule is COC[C@@H]1NC(=O)CC/C=C\CN(c2c(C)cccc2C)C(=O)[C@H]2N([C@H](C)CO)C(=O)[C@@H]3[C@@H](C(=O)O[C@H]1c1ccccc1)[C@@H]1O[C@@]32C=C1Br. The highest BCUT2D eigenvalue weighted by atomic mass is 79.9. The number of para-hydroxylation sites is 1. The first-order valence-corrected chi connectivity index (χ1v) is 17.4. The number of esters is 1. The van der Waals surface area contributed by atoms with E-state index in [1.807, 2.05) is 62.4 Å². The molecule has 0 unspecified atom stereocenters. The topological polar surface area (TPSA) is 135 Å². The molecular weight excluding hydrogens is 694 g/mol. The largest absolute Gasteiger partial charge is 0.455 e. The Labute approximate surface area is 294 Å². The predicted molar refractivity (Wildman–Crippen MR) is 185 cm³/mol. The van der Waals surface area contributed by atoms with Crippen LogP contribution in [0.15, 0.2) is 71.2 Å². The summed E-state index contributed by atoms with van der Waals surface area (Å²) in [4.78, 5) is 60.4. The predicted octanol–water partition coefficient (Wildman–Crippen LogP) is 3.66. The van der Waals surface area contributed by atoms with Crippen molar-refractivity contribution in [2.45, 2.75) is 69.5 Å². The van der Waals surface area contributed by atoms with E-state index in [2.05, 4.69) is 21.2 Å². The Balaban J connectivity index is 1.51. The smallest absolute Gasteiger partial charge is 0.313 e. The molecule has 0 aromatic heterocycles. The molecule has 2 fully saturated rings. The number of likely N-dealkylation sites (tertiary alicyclic amines) is 1. The number of amides is 3. The summed E-state index contributed by atoms with van der Waals surface area (Å²) in [7, 11) is 1.50. The van der Waals surface area contributed by atoms with Crippen LogP contribution < -0.4 is 10.2 Å². The average molecular weight is 737 g/mol.